The van der Waals surface area contributed by atoms with Crippen LogP contribution >= 0.6 is 0 Å². The lowest BCUT2D eigenvalue weighted by atomic mass is 10.1. The van der Waals surface area contributed by atoms with Crippen molar-refractivity contribution in [3.63, 3.8) is 0 Å². The van der Waals surface area contributed by atoms with E-state index in [2.05, 4.69) is 28.5 Å². The number of likely N-dealkylation sites (tertiary alicyclic amines) is 2. The van der Waals surface area contributed by atoms with Gasteiger partial charge >= 0.3 is 30.0 Å². The summed E-state index contributed by atoms with van der Waals surface area (Å²) in [7, 11) is 0. The highest BCUT2D eigenvalue weighted by atomic mass is 16.6. The second kappa shape index (κ2) is 19.2. The van der Waals surface area contributed by atoms with E-state index in [4.69, 9.17) is 14.2 Å². The van der Waals surface area contributed by atoms with Crippen LogP contribution in [0.25, 0.3) is 0 Å². The molecule has 8 atom stereocenters. The first-order valence-electron chi connectivity index (χ1n) is 18.1. The quantitative estimate of drug-likeness (QED) is 0.103. The predicted molar refractivity (Wildman–Crippen MR) is 193 cm³/mol. The molecule has 4 aliphatic rings. The number of aliphatic hydroxyl groups excluding tert-OH is 2. The Bertz CT molecular complexity index is 1500. The number of carbonyl (C=O) groups excluding carboxylic acids is 8. The van der Waals surface area contributed by atoms with Crippen molar-refractivity contribution in [2.45, 2.75) is 122 Å². The molecule has 18 nitrogen and oxygen atoms in total. The molecule has 2 aliphatic carbocycles. The topological polar surface area (TPSA) is 244 Å². The highest BCUT2D eigenvalue weighted by molar-refractivity contribution is 5.96. The molecule has 4 N–H and O–H groups in total. The number of hydrogen-bond acceptors (Lipinski definition) is 14. The molecular weight excluding hydrogens is 724 g/mol. The zero-order valence-corrected chi connectivity index (χ0v) is 32.9. The van der Waals surface area contributed by atoms with Gasteiger partial charge in [0.05, 0.1) is 32.0 Å². The van der Waals surface area contributed by atoms with Crippen molar-refractivity contribution in [1.29, 1.82) is 0 Å². The average Bonchev–Trinajstić information content (AvgIpc) is 3.86. The van der Waals surface area contributed by atoms with Crippen LogP contribution in [0.5, 0.6) is 0 Å². The van der Waals surface area contributed by atoms with Gasteiger partial charge in [0.15, 0.2) is 0 Å². The molecular formula is C37H56N4O14. The van der Waals surface area contributed by atoms with E-state index >= 15 is 0 Å². The first-order chi connectivity index (χ1) is 25.5. The predicted octanol–water partition coefficient (Wildman–Crippen LogP) is 0.669. The minimum atomic E-state index is -1.14. The van der Waals surface area contributed by atoms with Gasteiger partial charge in [-0.25, -0.2) is 14.4 Å². The third-order valence-corrected chi connectivity index (χ3v) is 9.05. The van der Waals surface area contributed by atoms with Crippen LogP contribution in [0.1, 0.15) is 81.1 Å². The molecule has 1 unspecified atom stereocenters. The Hall–Kier alpha value is -4.84. The van der Waals surface area contributed by atoms with Crippen LogP contribution in [0.4, 0.5) is 4.79 Å². The zero-order chi connectivity index (χ0) is 42.1. The first-order valence-corrected chi connectivity index (χ1v) is 18.1. The fourth-order valence-corrected chi connectivity index (χ4v) is 6.33. The number of carbonyl (C=O) groups is 8. The van der Waals surface area contributed by atoms with Gasteiger partial charge in [-0.15, -0.1) is 13.2 Å². The fourth-order valence-electron chi connectivity index (χ4n) is 6.33. The number of aliphatic hydroxyl groups is 2. The summed E-state index contributed by atoms with van der Waals surface area (Å²) in [6.07, 6.45) is 2.09. The number of β-amino-alcohol motifs (C(OH)–C–C–N with tert-alkyl or cyclic N) is 2. The molecule has 2 aliphatic heterocycles. The summed E-state index contributed by atoms with van der Waals surface area (Å²) in [4.78, 5) is 95.7. The summed E-state index contributed by atoms with van der Waals surface area (Å²) in [6.45, 7) is 20.2. The van der Waals surface area contributed by atoms with Crippen LogP contribution in [0.15, 0.2) is 25.3 Å². The molecule has 4 fully saturated rings. The molecule has 18 heteroatoms. The molecule has 0 radical (unpaired) electrons. The van der Waals surface area contributed by atoms with Gasteiger partial charge in [0.1, 0.15) is 28.8 Å². The fraction of sp³-hybridized carbons (Fsp3) is 0.676. The molecule has 4 rings (SSSR count). The number of ether oxygens (including phenoxy) is 4. The maximum Gasteiger partial charge on any atom is 0.411 e. The monoisotopic (exact) mass is 780 g/mol. The normalized spacial score (nSPS) is 28.7. The van der Waals surface area contributed by atoms with Gasteiger partial charge in [-0.2, -0.15) is 0 Å². The van der Waals surface area contributed by atoms with Crippen molar-refractivity contribution in [3.05, 3.63) is 25.3 Å². The van der Waals surface area contributed by atoms with Crippen LogP contribution in [0.3, 0.4) is 0 Å². The molecule has 4 amide bonds. The Morgan fingerprint density at radius 2 is 1.11 bits per heavy atom. The van der Waals surface area contributed by atoms with Crippen molar-refractivity contribution in [3.8, 4) is 0 Å². The Labute approximate surface area is 320 Å². The third kappa shape index (κ3) is 12.3. The van der Waals surface area contributed by atoms with Crippen molar-refractivity contribution >= 4 is 47.7 Å². The average molecular weight is 781 g/mol. The highest BCUT2D eigenvalue weighted by Gasteiger charge is 2.63. The Kier molecular flexibility index (Phi) is 16.1. The standard InChI is InChI=1S/C18H28N2O6.C15H22N2O5.C4H6O3/c1-6-11-9-18(11,15(23)25-7-2)19-14(22)13-8-12(21)10-20(13)16(24)26-17(3,4)5;1-4-10-7-15(10,14(21)22-5-2)16-13(20)12-6-11(19)8-17(12)9(3)18;1-3(5)7-4(2)6/h6,11-13,21H,1,7-10H2,2-5H3,(H,19,22);4,10-12,19H,1,5-8H2,2-3H3,(H,16,20);1-2H3/t11?,12-,13+,18-;10-,11-,12+,15-;/m11./s1. The number of rotatable bonds is 10. The number of nitrogens with zero attached hydrogens (tertiary/aromatic N) is 2. The SMILES string of the molecule is C=CC1C[C@]1(NC(=O)[C@@H]1C[C@@H](O)CN1C(=O)OC(C)(C)C)C(=O)OCC.C=C[C@@H]1C[C@]1(NC(=O)[C@@H]1C[C@@H](O)CN1C(C)=O)C(=O)OCC.CC(=O)OC(C)=O. The van der Waals surface area contributed by atoms with E-state index in [9.17, 15) is 48.6 Å². The number of amides is 4. The summed E-state index contributed by atoms with van der Waals surface area (Å²) in [5, 5.41) is 25.1. The van der Waals surface area contributed by atoms with E-state index in [1.165, 1.54) is 30.6 Å². The van der Waals surface area contributed by atoms with Gasteiger partial charge in [0.2, 0.25) is 17.7 Å². The molecule has 0 spiro atoms. The van der Waals surface area contributed by atoms with E-state index in [1.807, 2.05) is 0 Å². The van der Waals surface area contributed by atoms with Gasteiger partial charge in [0.25, 0.3) is 0 Å². The van der Waals surface area contributed by atoms with E-state index < -0.39 is 82.8 Å². The first kappa shape index (κ1) is 46.3. The lowest BCUT2D eigenvalue weighted by Crippen LogP contribution is -2.53. The second-order valence-corrected chi connectivity index (χ2v) is 14.7. The molecule has 0 aromatic carbocycles. The van der Waals surface area contributed by atoms with Crippen LogP contribution in [-0.4, -0.2) is 135 Å². The molecule has 0 aromatic heterocycles. The number of nitrogens with one attached hydrogen (secondary N) is 2. The molecule has 0 bridgehead atoms. The molecule has 2 heterocycles. The van der Waals surface area contributed by atoms with E-state index in [0.717, 1.165) is 0 Å². The van der Waals surface area contributed by atoms with E-state index in [0.29, 0.717) is 12.8 Å². The Morgan fingerprint density at radius 3 is 1.40 bits per heavy atom. The minimum Gasteiger partial charge on any atom is -0.464 e. The van der Waals surface area contributed by atoms with Crippen LogP contribution in [0, 0.1) is 11.8 Å². The molecule has 55 heavy (non-hydrogen) atoms. The van der Waals surface area contributed by atoms with E-state index in [-0.39, 0.29) is 56.9 Å². The van der Waals surface area contributed by atoms with Crippen LogP contribution in [0.2, 0.25) is 0 Å². The summed E-state index contributed by atoms with van der Waals surface area (Å²) in [6, 6.07) is -1.66. The number of esters is 4. The zero-order valence-electron chi connectivity index (χ0n) is 32.9. The van der Waals surface area contributed by atoms with Gasteiger partial charge in [-0.05, 0) is 47.5 Å². The van der Waals surface area contributed by atoms with Crippen molar-refractivity contribution in [2.24, 2.45) is 11.8 Å². The van der Waals surface area contributed by atoms with Gasteiger partial charge < -0.3 is 44.7 Å². The smallest absolute Gasteiger partial charge is 0.411 e. The lowest BCUT2D eigenvalue weighted by molar-refractivity contribution is -0.156. The Morgan fingerprint density at radius 1 is 0.727 bits per heavy atom. The summed E-state index contributed by atoms with van der Waals surface area (Å²) in [5.74, 6) is -3.74. The van der Waals surface area contributed by atoms with Crippen LogP contribution in [-0.2, 0) is 52.5 Å². The van der Waals surface area contributed by atoms with Crippen molar-refractivity contribution in [2.75, 3.05) is 26.3 Å². The molecule has 308 valence electrons. The molecule has 0 aromatic rings. The number of hydrogen-bond donors (Lipinski definition) is 4. The second-order valence-electron chi connectivity index (χ2n) is 14.7. The molecule has 2 saturated carbocycles. The largest absolute Gasteiger partial charge is 0.464 e. The summed E-state index contributed by atoms with van der Waals surface area (Å²) < 4.78 is 19.4. The summed E-state index contributed by atoms with van der Waals surface area (Å²) >= 11 is 0. The maximum atomic E-state index is 12.8. The Balaban J connectivity index is 0.000000327. The van der Waals surface area contributed by atoms with Crippen molar-refractivity contribution in [1.82, 2.24) is 20.4 Å². The van der Waals surface area contributed by atoms with Crippen molar-refractivity contribution < 1.29 is 67.5 Å². The summed E-state index contributed by atoms with van der Waals surface area (Å²) in [5.41, 5.74) is -2.94. The van der Waals surface area contributed by atoms with Crippen LogP contribution < -0.4 is 10.6 Å². The lowest BCUT2D eigenvalue weighted by Gasteiger charge is -2.29. The van der Waals surface area contributed by atoms with Gasteiger partial charge in [0, 0.05) is 52.0 Å². The van der Waals surface area contributed by atoms with Gasteiger partial charge in [-0.3, -0.25) is 28.9 Å². The third-order valence-electron chi connectivity index (χ3n) is 9.05. The minimum absolute atomic E-state index is 0.00426. The maximum absolute atomic E-state index is 12.8. The highest BCUT2D eigenvalue weighted by Crippen LogP contribution is 2.46. The van der Waals surface area contributed by atoms with Gasteiger partial charge in [-0.1, -0.05) is 12.2 Å². The van der Waals surface area contributed by atoms with E-state index in [1.54, 1.807) is 46.8 Å². The molecule has 2 saturated heterocycles.